The van der Waals surface area contributed by atoms with Crippen LogP contribution in [0.15, 0.2) is 12.2 Å². The Hall–Kier alpha value is -0.580. The van der Waals surface area contributed by atoms with Gasteiger partial charge in [0.1, 0.15) is 12.5 Å². The van der Waals surface area contributed by atoms with Gasteiger partial charge in [-0.1, -0.05) is 99.6 Å². The molecule has 0 aromatic heterocycles. The third-order valence-corrected chi connectivity index (χ3v) is 9.29. The van der Waals surface area contributed by atoms with Crippen LogP contribution in [-0.4, -0.2) is 77.7 Å². The van der Waals surface area contributed by atoms with Gasteiger partial charge in [0.25, 0.3) is 0 Å². The van der Waals surface area contributed by atoms with Crippen LogP contribution >= 0.6 is 0 Å². The van der Waals surface area contributed by atoms with Crippen molar-refractivity contribution in [3.05, 3.63) is 12.2 Å². The molecule has 3 rings (SSSR count). The minimum Gasteiger partial charge on any atom is -0.412 e. The molecule has 284 valence electrons. The topological polar surface area (TPSA) is 138 Å². The van der Waals surface area contributed by atoms with Crippen LogP contribution in [0, 0.1) is 23.7 Å². The van der Waals surface area contributed by atoms with Crippen molar-refractivity contribution in [2.75, 3.05) is 26.3 Å². The molecule has 2 fully saturated rings. The maximum atomic E-state index is 10.7. The molecule has 0 aromatic rings. The molecule has 1 saturated heterocycles. The van der Waals surface area contributed by atoms with Crippen LogP contribution in [0.5, 0.6) is 0 Å². The number of aliphatic hydroxyl groups excluding tert-OH is 3. The van der Waals surface area contributed by atoms with E-state index in [0.29, 0.717) is 30.8 Å². The van der Waals surface area contributed by atoms with Gasteiger partial charge in [-0.3, -0.25) is 10.6 Å². The van der Waals surface area contributed by atoms with E-state index in [2.05, 4.69) is 55.8 Å². The highest BCUT2D eigenvalue weighted by molar-refractivity contribution is 4.88. The third-order valence-electron chi connectivity index (χ3n) is 9.29. The Bertz CT molecular complexity index is 673. The Morgan fingerprint density at radius 3 is 1.96 bits per heavy atom. The lowest BCUT2D eigenvalue weighted by Gasteiger charge is -2.31. The van der Waals surface area contributed by atoms with Crippen molar-refractivity contribution in [2.24, 2.45) is 23.7 Å². The van der Waals surface area contributed by atoms with Gasteiger partial charge in [-0.2, -0.15) is 0 Å². The second kappa shape index (κ2) is 31.7. The summed E-state index contributed by atoms with van der Waals surface area (Å²) in [6, 6.07) is 0.0652. The van der Waals surface area contributed by atoms with Crippen molar-refractivity contribution in [3.8, 4) is 0 Å². The average Bonchev–Trinajstić information content (AvgIpc) is 3.06. The molecule has 1 aliphatic heterocycles. The number of allylic oxidation sites excluding steroid dienone is 2. The summed E-state index contributed by atoms with van der Waals surface area (Å²) in [5, 5.41) is 42.0. The molecule has 8 nitrogen and oxygen atoms in total. The molecule has 8 N–H and O–H groups in total. The minimum atomic E-state index is -0.716. The van der Waals surface area contributed by atoms with E-state index in [4.69, 9.17) is 4.74 Å². The second-order valence-corrected chi connectivity index (χ2v) is 13.7. The average molecular weight is 666 g/mol. The molecule has 8 heteroatoms. The van der Waals surface area contributed by atoms with Crippen molar-refractivity contribution >= 4 is 0 Å². The van der Waals surface area contributed by atoms with Crippen molar-refractivity contribution in [1.29, 1.82) is 0 Å². The molecule has 1 heterocycles. The molecule has 6 atom stereocenters. The molecule has 0 radical (unpaired) electrons. The first-order valence-corrected chi connectivity index (χ1v) is 19.3. The normalized spacial score (nSPS) is 22.0. The number of hydrogen-bond acceptors (Lipinski definition) is 7. The molecule has 0 aromatic carbocycles. The van der Waals surface area contributed by atoms with Gasteiger partial charge in [-0.05, 0) is 87.9 Å². The molecular formula is C38H87N3O5. The summed E-state index contributed by atoms with van der Waals surface area (Å²) in [6.45, 7) is 19.5. The second-order valence-electron chi connectivity index (χ2n) is 13.7. The zero-order chi connectivity index (χ0) is 33.9. The van der Waals surface area contributed by atoms with E-state index in [1.165, 1.54) is 51.4 Å². The van der Waals surface area contributed by atoms with Crippen molar-refractivity contribution in [2.45, 2.75) is 182 Å². The van der Waals surface area contributed by atoms with Gasteiger partial charge >= 0.3 is 0 Å². The maximum Gasteiger partial charge on any atom is 0.120 e. The Morgan fingerprint density at radius 1 is 0.804 bits per heavy atom. The molecule has 2 aliphatic carbocycles. The first kappa shape index (κ1) is 47.5. The highest BCUT2D eigenvalue weighted by Gasteiger charge is 2.24. The lowest BCUT2D eigenvalue weighted by atomic mass is 9.86. The summed E-state index contributed by atoms with van der Waals surface area (Å²) in [5.74, 6) is 2.71. The van der Waals surface area contributed by atoms with E-state index >= 15 is 0 Å². The summed E-state index contributed by atoms with van der Waals surface area (Å²) >= 11 is 0. The predicted octanol–water partition coefficient (Wildman–Crippen LogP) is 7.45. The van der Waals surface area contributed by atoms with Gasteiger partial charge in [-0.15, -0.1) is 0 Å². The van der Waals surface area contributed by atoms with E-state index in [1.807, 2.05) is 27.7 Å². The molecule has 3 aliphatic rings. The molecule has 0 bridgehead atoms. The fourth-order valence-corrected chi connectivity index (χ4v) is 6.42. The van der Waals surface area contributed by atoms with Crippen LogP contribution in [0.25, 0.3) is 0 Å². The van der Waals surface area contributed by atoms with Crippen LogP contribution in [0.3, 0.4) is 0 Å². The Morgan fingerprint density at radius 2 is 1.43 bits per heavy atom. The number of nitrogens with one attached hydrogen (secondary N) is 3. The largest absolute Gasteiger partial charge is 0.412 e. The Balaban J connectivity index is -0.000000373. The highest BCUT2D eigenvalue weighted by atomic mass is 16.5. The maximum absolute atomic E-state index is 10.7. The molecular weight excluding hydrogens is 578 g/mol. The van der Waals surface area contributed by atoms with Gasteiger partial charge in [0.15, 0.2) is 0 Å². The van der Waals surface area contributed by atoms with Crippen LogP contribution in [0.1, 0.15) is 156 Å². The van der Waals surface area contributed by atoms with Gasteiger partial charge in [0.2, 0.25) is 0 Å². The molecule has 1 saturated carbocycles. The summed E-state index contributed by atoms with van der Waals surface area (Å²) in [7, 11) is 0. The van der Waals surface area contributed by atoms with Crippen molar-refractivity contribution < 1.29 is 29.8 Å². The van der Waals surface area contributed by atoms with E-state index in [9.17, 15) is 15.3 Å². The van der Waals surface area contributed by atoms with Gasteiger partial charge < -0.3 is 30.8 Å². The fraction of sp³-hybridized carbons (Fsp3) is 0.947. The quantitative estimate of drug-likeness (QED) is 0.0701. The smallest absolute Gasteiger partial charge is 0.120 e. The van der Waals surface area contributed by atoms with E-state index in [1.54, 1.807) is 0 Å². The first-order valence-electron chi connectivity index (χ1n) is 19.3. The van der Waals surface area contributed by atoms with Crippen LogP contribution in [-0.2, 0) is 4.74 Å². The van der Waals surface area contributed by atoms with Crippen LogP contribution in [0.4, 0.5) is 0 Å². The lowest BCUT2D eigenvalue weighted by Crippen LogP contribution is -2.53. The standard InChI is InChI=1S/C27H55N3O4.C7H12.2C2H6.H2O.3H2/c1-4-25(27(33)29-19-24(31)16-22-12-14-34-15-13-22)28-18-23(11-10-20(2)3)30-26(32)17-21-8-6-5-7-9-21;1-7-5-3-2-4-6-7;2*1-2;;;;/h20-33H,4-19H2,1-3H3;2-3,7H,4-6H2,1H3;2*1-2H3;1H2;3*1H/t23?,24?,25-,26-,27-;7-;;;;;;/m01....../s1. The van der Waals surface area contributed by atoms with Gasteiger partial charge in [0.05, 0.1) is 6.10 Å². The number of ether oxygens (including phenoxy) is 1. The highest BCUT2D eigenvalue weighted by Crippen LogP contribution is 2.27. The number of rotatable bonds is 17. The predicted molar refractivity (Wildman–Crippen MR) is 203 cm³/mol. The SMILES string of the molecule is CC.CC.CC[C@H](NCC(CCC(C)C)N[C@@H](O)CC1CCCCC1)[C@H](O)NCC(O)CC1CCOCC1.C[C@@H]1CC=CCC1.O.[HH].[HH].[HH]. The molecule has 0 amide bonds. The Kier molecular flexibility index (Phi) is 32.7. The lowest BCUT2D eigenvalue weighted by molar-refractivity contribution is 0.0331. The van der Waals surface area contributed by atoms with E-state index in [-0.39, 0.29) is 21.8 Å². The molecule has 2 unspecified atom stereocenters. The summed E-state index contributed by atoms with van der Waals surface area (Å²) in [6.07, 6.45) is 19.8. The molecule has 46 heavy (non-hydrogen) atoms. The van der Waals surface area contributed by atoms with Crippen molar-refractivity contribution in [1.82, 2.24) is 16.0 Å². The summed E-state index contributed by atoms with van der Waals surface area (Å²) in [4.78, 5) is 0. The van der Waals surface area contributed by atoms with Crippen LogP contribution in [0.2, 0.25) is 0 Å². The van der Waals surface area contributed by atoms with Crippen molar-refractivity contribution in [3.63, 3.8) is 0 Å². The Labute approximate surface area is 290 Å². The third kappa shape index (κ3) is 24.5. The number of aliphatic hydroxyl groups is 3. The van der Waals surface area contributed by atoms with E-state index in [0.717, 1.165) is 64.1 Å². The van der Waals surface area contributed by atoms with Gasteiger partial charge in [0, 0.05) is 42.7 Å². The molecule has 0 spiro atoms. The zero-order valence-electron chi connectivity index (χ0n) is 31.5. The first-order chi connectivity index (χ1) is 21.8. The monoisotopic (exact) mass is 666 g/mol. The fourth-order valence-electron chi connectivity index (χ4n) is 6.42. The van der Waals surface area contributed by atoms with Crippen LogP contribution < -0.4 is 16.0 Å². The summed E-state index contributed by atoms with van der Waals surface area (Å²) < 4.78 is 5.40. The number of hydrogen-bond donors (Lipinski definition) is 6. The zero-order valence-corrected chi connectivity index (χ0v) is 31.5. The minimum absolute atomic E-state index is 0. The van der Waals surface area contributed by atoms with E-state index < -0.39 is 18.6 Å². The summed E-state index contributed by atoms with van der Waals surface area (Å²) in [5.41, 5.74) is 0. The van der Waals surface area contributed by atoms with Gasteiger partial charge in [-0.25, -0.2) is 0 Å².